The van der Waals surface area contributed by atoms with E-state index in [1.54, 1.807) is 0 Å². The molecule has 13 heteroatoms. The third kappa shape index (κ3) is 3.86. The molecule has 0 atom stereocenters. The molecule has 0 saturated carbocycles. The van der Waals surface area contributed by atoms with Crippen LogP contribution in [-0.2, 0) is 15.6 Å². The molecule has 3 heterocycles. The van der Waals surface area contributed by atoms with Gasteiger partial charge in [-0.25, -0.2) is 26.6 Å². The normalized spacial score (nSPS) is 11.6. The van der Waals surface area contributed by atoms with Crippen molar-refractivity contribution in [2.24, 2.45) is 5.73 Å². The predicted octanol–water partition coefficient (Wildman–Crippen LogP) is 2.52. The fraction of sp³-hybridized carbons (Fsp3) is 0.100. The molecule has 1 aromatic carbocycles. The number of hydrogen-bond donors (Lipinski definition) is 2. The molecule has 9 nitrogen and oxygen atoms in total. The van der Waals surface area contributed by atoms with Crippen LogP contribution >= 0.6 is 0 Å². The number of carbonyl (C=O) groups is 1. The Labute approximate surface area is 184 Å². The number of amides is 1. The van der Waals surface area contributed by atoms with Gasteiger partial charge in [-0.15, -0.1) is 0 Å². The van der Waals surface area contributed by atoms with Gasteiger partial charge >= 0.3 is 0 Å². The topological polar surface area (TPSA) is 141 Å². The van der Waals surface area contributed by atoms with Crippen LogP contribution in [0, 0.1) is 17.5 Å². The second-order valence-corrected chi connectivity index (χ2v) is 8.78. The zero-order valence-corrected chi connectivity index (χ0v) is 17.6. The van der Waals surface area contributed by atoms with Crippen molar-refractivity contribution in [2.45, 2.75) is 10.6 Å². The lowest BCUT2D eigenvalue weighted by Crippen LogP contribution is -2.11. The Balaban J connectivity index is 1.79. The number of pyridine rings is 2. The number of primary amides is 1. The standard InChI is InChI=1S/C20H14F3N5O4S/c1-32-20-14(6-9(21)7-26-20)33(30,31)8-13-15(22)11(4-5-25-13)10-2-3-12-17(16(10)23)27-28-18(12)19(24)29/h2-7H,8H2,1H3,(H2,24,29)(H,27,28). The molecule has 0 aliphatic heterocycles. The van der Waals surface area contributed by atoms with E-state index in [1.165, 1.54) is 12.1 Å². The van der Waals surface area contributed by atoms with Crippen molar-refractivity contribution >= 4 is 26.6 Å². The maximum Gasteiger partial charge on any atom is 0.267 e. The molecular formula is C20H14F3N5O4S. The van der Waals surface area contributed by atoms with E-state index in [-0.39, 0.29) is 33.6 Å². The van der Waals surface area contributed by atoms with E-state index in [0.29, 0.717) is 6.07 Å². The van der Waals surface area contributed by atoms with Gasteiger partial charge < -0.3 is 10.5 Å². The molecule has 4 rings (SSSR count). The van der Waals surface area contributed by atoms with Crippen LogP contribution in [0.25, 0.3) is 22.0 Å². The van der Waals surface area contributed by atoms with Gasteiger partial charge in [-0.3, -0.25) is 14.9 Å². The summed E-state index contributed by atoms with van der Waals surface area (Å²) >= 11 is 0. The van der Waals surface area contributed by atoms with Crippen molar-refractivity contribution in [3.8, 4) is 17.0 Å². The molecule has 0 saturated heterocycles. The van der Waals surface area contributed by atoms with Crippen LogP contribution in [-0.4, -0.2) is 41.6 Å². The lowest BCUT2D eigenvalue weighted by molar-refractivity contribution is 0.0997. The molecule has 4 aromatic rings. The van der Waals surface area contributed by atoms with Gasteiger partial charge in [0.25, 0.3) is 5.91 Å². The summed E-state index contributed by atoms with van der Waals surface area (Å²) < 4.78 is 74.4. The van der Waals surface area contributed by atoms with Gasteiger partial charge in [0.1, 0.15) is 27.7 Å². The van der Waals surface area contributed by atoms with Crippen LogP contribution in [0.4, 0.5) is 13.2 Å². The lowest BCUT2D eigenvalue weighted by Gasteiger charge is -2.11. The number of H-pyrrole nitrogens is 1. The third-order valence-electron chi connectivity index (χ3n) is 4.80. The van der Waals surface area contributed by atoms with Gasteiger partial charge in [-0.1, -0.05) is 6.07 Å². The predicted molar refractivity (Wildman–Crippen MR) is 109 cm³/mol. The first-order valence-electron chi connectivity index (χ1n) is 9.16. The van der Waals surface area contributed by atoms with Gasteiger partial charge in [0.15, 0.2) is 21.5 Å². The van der Waals surface area contributed by atoms with Gasteiger partial charge in [0, 0.05) is 22.7 Å². The first-order chi connectivity index (χ1) is 15.6. The summed E-state index contributed by atoms with van der Waals surface area (Å²) in [6.45, 7) is 0. The summed E-state index contributed by atoms with van der Waals surface area (Å²) in [4.78, 5) is 18.2. The number of benzene rings is 1. The number of ether oxygens (including phenoxy) is 1. The Kier molecular flexibility index (Phi) is 5.49. The average Bonchev–Trinajstić information content (AvgIpc) is 3.21. The monoisotopic (exact) mass is 477 g/mol. The number of nitrogens with one attached hydrogen (secondary N) is 1. The molecule has 0 aliphatic rings. The minimum Gasteiger partial charge on any atom is -0.480 e. The Morgan fingerprint density at radius 1 is 1.12 bits per heavy atom. The molecule has 3 N–H and O–H groups in total. The molecular weight excluding hydrogens is 463 g/mol. The van der Waals surface area contributed by atoms with Crippen molar-refractivity contribution in [3.63, 3.8) is 0 Å². The van der Waals surface area contributed by atoms with Crippen LogP contribution in [0.15, 0.2) is 41.6 Å². The van der Waals surface area contributed by atoms with E-state index in [4.69, 9.17) is 10.5 Å². The molecule has 170 valence electrons. The molecule has 0 bridgehead atoms. The number of sulfone groups is 1. The van der Waals surface area contributed by atoms with Crippen LogP contribution < -0.4 is 10.5 Å². The van der Waals surface area contributed by atoms with Crippen molar-refractivity contribution in [3.05, 3.63) is 65.5 Å². The number of nitrogens with two attached hydrogens (primary N) is 1. The maximum absolute atomic E-state index is 15.3. The fourth-order valence-electron chi connectivity index (χ4n) is 3.28. The SMILES string of the molecule is COc1ncc(F)cc1S(=O)(=O)Cc1nccc(-c2ccc3c(C(N)=O)[nH]nc3c2F)c1F. The summed E-state index contributed by atoms with van der Waals surface area (Å²) in [5.74, 6) is -5.17. The molecule has 1 amide bonds. The Bertz CT molecular complexity index is 1520. The largest absolute Gasteiger partial charge is 0.480 e. The molecule has 0 fully saturated rings. The zero-order valence-electron chi connectivity index (χ0n) is 16.8. The van der Waals surface area contributed by atoms with Crippen molar-refractivity contribution in [2.75, 3.05) is 7.11 Å². The summed E-state index contributed by atoms with van der Waals surface area (Å²) in [6.07, 6.45) is 1.88. The Morgan fingerprint density at radius 3 is 2.55 bits per heavy atom. The third-order valence-corrected chi connectivity index (χ3v) is 6.42. The molecule has 3 aromatic heterocycles. The molecule has 0 unspecified atom stereocenters. The van der Waals surface area contributed by atoms with Gasteiger partial charge in [0.05, 0.1) is 19.0 Å². The second kappa shape index (κ2) is 8.16. The van der Waals surface area contributed by atoms with E-state index in [0.717, 1.165) is 25.6 Å². The van der Waals surface area contributed by atoms with Gasteiger partial charge in [-0.05, 0) is 18.2 Å². The number of aromatic nitrogens is 4. The van der Waals surface area contributed by atoms with Crippen molar-refractivity contribution < 1.29 is 31.1 Å². The number of aromatic amines is 1. The summed E-state index contributed by atoms with van der Waals surface area (Å²) in [5, 5.41) is 6.14. The molecule has 33 heavy (non-hydrogen) atoms. The minimum atomic E-state index is -4.34. The zero-order chi connectivity index (χ0) is 23.9. The van der Waals surface area contributed by atoms with Crippen molar-refractivity contribution in [1.29, 1.82) is 0 Å². The number of nitrogens with zero attached hydrogens (tertiary/aromatic N) is 3. The Morgan fingerprint density at radius 2 is 1.85 bits per heavy atom. The van der Waals surface area contributed by atoms with Crippen LogP contribution in [0.1, 0.15) is 16.2 Å². The smallest absolute Gasteiger partial charge is 0.267 e. The highest BCUT2D eigenvalue weighted by Crippen LogP contribution is 2.33. The van der Waals surface area contributed by atoms with E-state index in [1.807, 2.05) is 0 Å². The number of hydrogen-bond acceptors (Lipinski definition) is 7. The van der Waals surface area contributed by atoms with Crippen molar-refractivity contribution in [1.82, 2.24) is 20.2 Å². The lowest BCUT2D eigenvalue weighted by atomic mass is 10.0. The van der Waals surface area contributed by atoms with E-state index < -0.39 is 49.5 Å². The first kappa shape index (κ1) is 22.2. The van der Waals surface area contributed by atoms with Gasteiger partial charge in [-0.2, -0.15) is 5.10 Å². The second-order valence-electron chi connectivity index (χ2n) is 6.83. The minimum absolute atomic E-state index is 0.103. The van der Waals surface area contributed by atoms with E-state index in [2.05, 4.69) is 20.2 Å². The maximum atomic E-state index is 15.3. The molecule has 0 aliphatic carbocycles. The number of rotatable bonds is 6. The highest BCUT2D eigenvalue weighted by atomic mass is 32.2. The van der Waals surface area contributed by atoms with E-state index in [9.17, 15) is 17.6 Å². The van der Waals surface area contributed by atoms with Crippen LogP contribution in [0.2, 0.25) is 0 Å². The fourth-order valence-corrected chi connectivity index (χ4v) is 4.69. The summed E-state index contributed by atoms with van der Waals surface area (Å²) in [7, 11) is -3.19. The number of halogens is 3. The summed E-state index contributed by atoms with van der Waals surface area (Å²) in [5.41, 5.74) is 3.79. The quantitative estimate of drug-likeness (QED) is 0.435. The van der Waals surface area contributed by atoms with Crippen LogP contribution in [0.3, 0.4) is 0 Å². The van der Waals surface area contributed by atoms with Gasteiger partial charge in [0.2, 0.25) is 5.88 Å². The molecule has 0 radical (unpaired) electrons. The molecule has 0 spiro atoms. The number of carbonyl (C=O) groups excluding carboxylic acids is 1. The number of fused-ring (bicyclic) bond motifs is 1. The summed E-state index contributed by atoms with van der Waals surface area (Å²) in [6, 6.07) is 4.39. The van der Waals surface area contributed by atoms with E-state index >= 15 is 8.78 Å². The highest BCUT2D eigenvalue weighted by Gasteiger charge is 2.26. The average molecular weight is 477 g/mol. The highest BCUT2D eigenvalue weighted by molar-refractivity contribution is 7.90. The number of methoxy groups -OCH3 is 1. The Hall–Kier alpha value is -4.00. The first-order valence-corrected chi connectivity index (χ1v) is 10.8. The van der Waals surface area contributed by atoms with Crippen LogP contribution in [0.5, 0.6) is 5.88 Å².